The number of carbonyl (C=O) groups is 2. The lowest BCUT2D eigenvalue weighted by molar-refractivity contribution is -0.116. The van der Waals surface area contributed by atoms with Crippen LogP contribution < -0.4 is 24.8 Å². The fourth-order valence-corrected chi connectivity index (χ4v) is 2.48. The van der Waals surface area contributed by atoms with E-state index in [-0.39, 0.29) is 11.8 Å². The van der Waals surface area contributed by atoms with Crippen LogP contribution in [0.5, 0.6) is 17.2 Å². The molecule has 0 saturated heterocycles. The Morgan fingerprint density at radius 2 is 1.54 bits per heavy atom. The molecule has 7 heteroatoms. The van der Waals surface area contributed by atoms with Gasteiger partial charge in [0.2, 0.25) is 17.6 Å². The summed E-state index contributed by atoms with van der Waals surface area (Å²) in [6.45, 7) is 1.77. The van der Waals surface area contributed by atoms with Gasteiger partial charge in [-0.1, -0.05) is 13.0 Å². The number of anilines is 2. The number of nitrogens with one attached hydrogen (secondary N) is 2. The molecule has 0 heterocycles. The van der Waals surface area contributed by atoms with Gasteiger partial charge < -0.3 is 24.8 Å². The van der Waals surface area contributed by atoms with Crippen LogP contribution in [0, 0.1) is 0 Å². The first-order valence-electron chi connectivity index (χ1n) is 8.69. The van der Waals surface area contributed by atoms with Gasteiger partial charge in [-0.15, -0.1) is 0 Å². The van der Waals surface area contributed by atoms with Gasteiger partial charge in [0.15, 0.2) is 11.5 Å². The van der Waals surface area contributed by atoms with Gasteiger partial charge in [0, 0.05) is 23.9 Å². The predicted octanol–water partition coefficient (Wildman–Crippen LogP) is 3.71. The van der Waals surface area contributed by atoms with Gasteiger partial charge in [-0.05, 0) is 42.0 Å². The van der Waals surface area contributed by atoms with E-state index in [0.717, 1.165) is 0 Å². The van der Waals surface area contributed by atoms with Crippen LogP contribution in [0.15, 0.2) is 42.5 Å². The maximum absolute atomic E-state index is 12.2. The molecule has 148 valence electrons. The normalized spacial score (nSPS) is 10.4. The Balaban J connectivity index is 2.12. The Hall–Kier alpha value is -3.48. The molecule has 0 spiro atoms. The van der Waals surface area contributed by atoms with Crippen molar-refractivity contribution in [3.8, 4) is 17.2 Å². The fraction of sp³-hybridized carbons (Fsp3) is 0.238. The average Bonchev–Trinajstić information content (AvgIpc) is 2.71. The maximum atomic E-state index is 12.2. The zero-order valence-electron chi connectivity index (χ0n) is 16.4. The van der Waals surface area contributed by atoms with Crippen molar-refractivity contribution in [1.82, 2.24) is 0 Å². The summed E-state index contributed by atoms with van der Waals surface area (Å²) in [5, 5.41) is 5.51. The lowest BCUT2D eigenvalue weighted by Crippen LogP contribution is -2.11. The van der Waals surface area contributed by atoms with Crippen LogP contribution in [-0.4, -0.2) is 33.1 Å². The molecule has 0 aromatic heterocycles. The first-order valence-corrected chi connectivity index (χ1v) is 8.69. The molecular formula is C21H24N2O5. The van der Waals surface area contributed by atoms with E-state index >= 15 is 0 Å². The number of methoxy groups -OCH3 is 3. The van der Waals surface area contributed by atoms with Gasteiger partial charge in [0.05, 0.1) is 21.3 Å². The summed E-state index contributed by atoms with van der Waals surface area (Å²) in [5.41, 5.74) is 1.92. The Morgan fingerprint density at radius 1 is 0.929 bits per heavy atom. The molecule has 2 aromatic carbocycles. The van der Waals surface area contributed by atoms with E-state index in [2.05, 4.69) is 10.6 Å². The summed E-state index contributed by atoms with van der Waals surface area (Å²) in [7, 11) is 4.59. The minimum absolute atomic E-state index is 0.0919. The highest BCUT2D eigenvalue weighted by molar-refractivity contribution is 6.02. The third kappa shape index (κ3) is 5.51. The molecule has 0 saturated carbocycles. The molecule has 0 bridgehead atoms. The van der Waals surface area contributed by atoms with Crippen molar-refractivity contribution in [3.63, 3.8) is 0 Å². The van der Waals surface area contributed by atoms with Gasteiger partial charge in [0.1, 0.15) is 0 Å². The molecule has 7 nitrogen and oxygen atoms in total. The Kier molecular flexibility index (Phi) is 7.45. The summed E-state index contributed by atoms with van der Waals surface area (Å²) in [6.07, 6.45) is 3.43. The van der Waals surface area contributed by atoms with Gasteiger partial charge in [-0.3, -0.25) is 9.59 Å². The molecule has 0 fully saturated rings. The molecule has 2 rings (SSSR count). The van der Waals surface area contributed by atoms with Gasteiger partial charge >= 0.3 is 0 Å². The number of amides is 2. The minimum Gasteiger partial charge on any atom is -0.493 e. The molecule has 2 amide bonds. The predicted molar refractivity (Wildman–Crippen MR) is 109 cm³/mol. The van der Waals surface area contributed by atoms with Crippen molar-refractivity contribution in [3.05, 3.63) is 48.0 Å². The van der Waals surface area contributed by atoms with Crippen molar-refractivity contribution < 1.29 is 23.8 Å². The monoisotopic (exact) mass is 384 g/mol. The number of carbonyl (C=O) groups excluding carboxylic acids is 2. The second-order valence-corrected chi connectivity index (χ2v) is 5.76. The van der Waals surface area contributed by atoms with Gasteiger partial charge in [-0.2, -0.15) is 0 Å². The molecule has 2 aromatic rings. The zero-order chi connectivity index (χ0) is 20.5. The SMILES string of the molecule is CCC(=O)Nc1cccc(NC(=O)/C=C/c2cc(OC)c(OC)c(OC)c2)c1. The molecule has 28 heavy (non-hydrogen) atoms. The number of ether oxygens (including phenoxy) is 3. The smallest absolute Gasteiger partial charge is 0.248 e. The molecule has 0 aliphatic rings. The molecular weight excluding hydrogens is 360 g/mol. The van der Waals surface area contributed by atoms with Crippen LogP contribution in [0.3, 0.4) is 0 Å². The highest BCUT2D eigenvalue weighted by atomic mass is 16.5. The molecule has 2 N–H and O–H groups in total. The zero-order valence-corrected chi connectivity index (χ0v) is 16.4. The Bertz CT molecular complexity index is 852. The highest BCUT2D eigenvalue weighted by Crippen LogP contribution is 2.38. The lowest BCUT2D eigenvalue weighted by Gasteiger charge is -2.12. The van der Waals surface area contributed by atoms with Gasteiger partial charge in [0.25, 0.3) is 0 Å². The number of hydrogen-bond donors (Lipinski definition) is 2. The van der Waals surface area contributed by atoms with Crippen LogP contribution >= 0.6 is 0 Å². The van der Waals surface area contributed by atoms with Crippen LogP contribution in [0.25, 0.3) is 6.08 Å². The van der Waals surface area contributed by atoms with E-state index < -0.39 is 0 Å². The Labute approximate surface area is 164 Å². The second kappa shape index (κ2) is 10.0. The summed E-state index contributed by atoms with van der Waals surface area (Å²) < 4.78 is 15.9. The fourth-order valence-electron chi connectivity index (χ4n) is 2.48. The van der Waals surface area contributed by atoms with E-state index in [1.165, 1.54) is 27.4 Å². The Morgan fingerprint density at radius 3 is 2.07 bits per heavy atom. The van der Waals surface area contributed by atoms with Crippen molar-refractivity contribution in [2.24, 2.45) is 0 Å². The quantitative estimate of drug-likeness (QED) is 0.678. The number of rotatable bonds is 8. The molecule has 0 radical (unpaired) electrons. The third-order valence-corrected chi connectivity index (χ3v) is 3.85. The van der Waals surface area contributed by atoms with Crippen LogP contribution in [-0.2, 0) is 9.59 Å². The van der Waals surface area contributed by atoms with Crippen molar-refractivity contribution in [1.29, 1.82) is 0 Å². The van der Waals surface area contributed by atoms with Crippen LogP contribution in [0.1, 0.15) is 18.9 Å². The summed E-state index contributed by atoms with van der Waals surface area (Å²) >= 11 is 0. The molecule has 0 atom stereocenters. The van der Waals surface area contributed by atoms with Crippen molar-refractivity contribution in [2.75, 3.05) is 32.0 Å². The van der Waals surface area contributed by atoms with E-state index in [9.17, 15) is 9.59 Å². The first kappa shape index (κ1) is 20.8. The number of hydrogen-bond acceptors (Lipinski definition) is 5. The lowest BCUT2D eigenvalue weighted by atomic mass is 10.1. The van der Waals surface area contributed by atoms with Crippen LogP contribution in [0.2, 0.25) is 0 Å². The average molecular weight is 384 g/mol. The largest absolute Gasteiger partial charge is 0.493 e. The minimum atomic E-state index is -0.312. The summed E-state index contributed by atoms with van der Waals surface area (Å²) in [6, 6.07) is 10.4. The summed E-state index contributed by atoms with van der Waals surface area (Å²) in [4.78, 5) is 23.7. The second-order valence-electron chi connectivity index (χ2n) is 5.76. The molecule has 0 aliphatic carbocycles. The number of benzene rings is 2. The van der Waals surface area contributed by atoms with E-state index in [0.29, 0.717) is 40.6 Å². The summed E-state index contributed by atoms with van der Waals surface area (Å²) in [5.74, 6) is 1.08. The first-order chi connectivity index (χ1) is 13.5. The third-order valence-electron chi connectivity index (χ3n) is 3.85. The molecule has 0 aliphatic heterocycles. The van der Waals surface area contributed by atoms with E-state index in [4.69, 9.17) is 14.2 Å². The van der Waals surface area contributed by atoms with E-state index in [1.807, 2.05) is 0 Å². The van der Waals surface area contributed by atoms with Crippen molar-refractivity contribution >= 4 is 29.3 Å². The molecule has 0 unspecified atom stereocenters. The van der Waals surface area contributed by atoms with Gasteiger partial charge in [-0.25, -0.2) is 0 Å². The van der Waals surface area contributed by atoms with Crippen molar-refractivity contribution in [2.45, 2.75) is 13.3 Å². The standard InChI is InChI=1S/C21H24N2O5/c1-5-19(24)22-15-7-6-8-16(13-15)23-20(25)10-9-14-11-17(26-2)21(28-4)18(12-14)27-3/h6-13H,5H2,1-4H3,(H,22,24)(H,23,25)/b10-9+. The van der Waals surface area contributed by atoms with Crippen LogP contribution in [0.4, 0.5) is 11.4 Å². The highest BCUT2D eigenvalue weighted by Gasteiger charge is 2.12. The maximum Gasteiger partial charge on any atom is 0.248 e. The topological polar surface area (TPSA) is 85.9 Å². The van der Waals surface area contributed by atoms with E-state index in [1.54, 1.807) is 49.4 Å².